The molecule has 0 fully saturated rings. The Balaban J connectivity index is 1.49. The van der Waals surface area contributed by atoms with Gasteiger partial charge in [-0.25, -0.2) is 0 Å². The summed E-state index contributed by atoms with van der Waals surface area (Å²) in [7, 11) is 3.25. The van der Waals surface area contributed by atoms with Crippen LogP contribution in [0.2, 0.25) is 0 Å². The van der Waals surface area contributed by atoms with Crippen LogP contribution in [0.1, 0.15) is 23.2 Å². The predicted octanol–water partition coefficient (Wildman–Crippen LogP) is 4.47. The van der Waals surface area contributed by atoms with Crippen LogP contribution in [0.15, 0.2) is 40.9 Å². The minimum atomic E-state index is 0.167. The first-order valence-electron chi connectivity index (χ1n) is 9.38. The molecule has 0 unspecified atom stereocenters. The summed E-state index contributed by atoms with van der Waals surface area (Å²) in [5.41, 5.74) is 4.57. The van der Waals surface area contributed by atoms with E-state index < -0.39 is 0 Å². The van der Waals surface area contributed by atoms with E-state index >= 15 is 0 Å². The molecule has 0 saturated carbocycles. The van der Waals surface area contributed by atoms with E-state index in [2.05, 4.69) is 27.0 Å². The summed E-state index contributed by atoms with van der Waals surface area (Å²) >= 11 is 3.61. The number of aromatic nitrogens is 1. The summed E-state index contributed by atoms with van der Waals surface area (Å²) in [6.45, 7) is 1.39. The number of aromatic amines is 1. The Labute approximate surface area is 172 Å². The highest BCUT2D eigenvalue weighted by Crippen LogP contribution is 2.33. The van der Waals surface area contributed by atoms with Crippen molar-refractivity contribution in [2.24, 2.45) is 0 Å². The van der Waals surface area contributed by atoms with Gasteiger partial charge in [-0.3, -0.25) is 4.79 Å². The topological polar surface area (TPSA) is 54.6 Å². The van der Waals surface area contributed by atoms with E-state index in [1.807, 2.05) is 35.2 Å². The van der Waals surface area contributed by atoms with Crippen molar-refractivity contribution in [1.29, 1.82) is 0 Å². The van der Waals surface area contributed by atoms with Crippen LogP contribution in [0.25, 0.3) is 10.9 Å². The maximum absolute atomic E-state index is 12.9. The SMILES string of the molecule is COc1cccc(CCC(=O)N2CCc3[nH]c4c(Br)cccc4c3C2)c1OC. The summed E-state index contributed by atoms with van der Waals surface area (Å²) in [6.07, 6.45) is 1.93. The Morgan fingerprint density at radius 3 is 2.79 bits per heavy atom. The fourth-order valence-electron chi connectivity index (χ4n) is 3.97. The minimum absolute atomic E-state index is 0.167. The first-order valence-corrected chi connectivity index (χ1v) is 10.2. The Morgan fingerprint density at radius 2 is 2.00 bits per heavy atom. The van der Waals surface area contributed by atoms with Gasteiger partial charge in [-0.2, -0.15) is 0 Å². The summed E-state index contributed by atoms with van der Waals surface area (Å²) in [5.74, 6) is 1.57. The van der Waals surface area contributed by atoms with Crippen LogP contribution in [-0.2, 0) is 24.2 Å². The van der Waals surface area contributed by atoms with Gasteiger partial charge in [0.2, 0.25) is 5.91 Å². The molecule has 6 heteroatoms. The van der Waals surface area contributed by atoms with Crippen LogP contribution in [0.4, 0.5) is 0 Å². The number of carbonyl (C=O) groups is 1. The second kappa shape index (κ2) is 7.87. The normalized spacial score (nSPS) is 13.5. The molecule has 2 aromatic carbocycles. The van der Waals surface area contributed by atoms with Gasteiger partial charge in [0.05, 0.1) is 19.7 Å². The number of rotatable bonds is 5. The fourth-order valence-corrected chi connectivity index (χ4v) is 4.43. The van der Waals surface area contributed by atoms with Crippen molar-refractivity contribution >= 4 is 32.7 Å². The van der Waals surface area contributed by atoms with E-state index in [4.69, 9.17) is 9.47 Å². The molecule has 4 rings (SSSR count). The van der Waals surface area contributed by atoms with Gasteiger partial charge in [0.25, 0.3) is 0 Å². The number of nitrogens with zero attached hydrogens (tertiary/aromatic N) is 1. The molecular formula is C22H23BrN2O3. The number of ether oxygens (including phenoxy) is 2. The van der Waals surface area contributed by atoms with Crippen LogP contribution < -0.4 is 9.47 Å². The lowest BCUT2D eigenvalue weighted by Crippen LogP contribution is -2.35. The van der Waals surface area contributed by atoms with Crippen molar-refractivity contribution in [3.8, 4) is 11.5 Å². The maximum atomic E-state index is 12.9. The number of benzene rings is 2. The average Bonchev–Trinajstić information content (AvgIpc) is 3.11. The number of fused-ring (bicyclic) bond motifs is 3. The molecule has 1 aliphatic rings. The average molecular weight is 443 g/mol. The zero-order valence-electron chi connectivity index (χ0n) is 16.0. The Kier molecular flexibility index (Phi) is 5.31. The number of para-hydroxylation sites is 2. The third-order valence-corrected chi connectivity index (χ3v) is 6.07. The number of aryl methyl sites for hydroxylation is 1. The highest BCUT2D eigenvalue weighted by atomic mass is 79.9. The lowest BCUT2D eigenvalue weighted by molar-refractivity contribution is -0.132. The number of H-pyrrole nitrogens is 1. The molecule has 0 radical (unpaired) electrons. The highest BCUT2D eigenvalue weighted by molar-refractivity contribution is 9.10. The Bertz CT molecular complexity index is 1030. The monoisotopic (exact) mass is 442 g/mol. The number of nitrogens with one attached hydrogen (secondary N) is 1. The summed E-state index contributed by atoms with van der Waals surface area (Å²) in [6, 6.07) is 12.0. The van der Waals surface area contributed by atoms with Crippen LogP contribution in [-0.4, -0.2) is 36.6 Å². The molecule has 0 atom stereocenters. The third-order valence-electron chi connectivity index (χ3n) is 5.40. The number of halogens is 1. The van der Waals surface area contributed by atoms with E-state index in [1.54, 1.807) is 14.2 Å². The zero-order chi connectivity index (χ0) is 19.7. The first kappa shape index (κ1) is 18.9. The van der Waals surface area contributed by atoms with Crippen LogP contribution in [0.5, 0.6) is 11.5 Å². The standard InChI is InChI=1S/C22H23BrN2O3/c1-27-19-8-3-5-14(22(19)28-2)9-10-20(26)25-12-11-18-16(13-25)15-6-4-7-17(23)21(15)24-18/h3-8,24H,9-13H2,1-2H3. The van der Waals surface area contributed by atoms with Crippen molar-refractivity contribution in [1.82, 2.24) is 9.88 Å². The van der Waals surface area contributed by atoms with Crippen molar-refractivity contribution in [2.45, 2.75) is 25.8 Å². The van der Waals surface area contributed by atoms with Crippen molar-refractivity contribution in [2.75, 3.05) is 20.8 Å². The van der Waals surface area contributed by atoms with Crippen molar-refractivity contribution < 1.29 is 14.3 Å². The molecule has 1 aromatic heterocycles. The lowest BCUT2D eigenvalue weighted by Gasteiger charge is -2.27. The third kappa shape index (κ3) is 3.37. The molecule has 0 bridgehead atoms. The molecule has 0 spiro atoms. The molecule has 0 saturated heterocycles. The number of hydrogen-bond donors (Lipinski definition) is 1. The lowest BCUT2D eigenvalue weighted by atomic mass is 10.0. The molecule has 1 aliphatic heterocycles. The molecular weight excluding hydrogens is 420 g/mol. The van der Waals surface area contributed by atoms with Crippen LogP contribution in [0.3, 0.4) is 0 Å². The summed E-state index contributed by atoms with van der Waals surface area (Å²) < 4.78 is 11.9. The van der Waals surface area contributed by atoms with E-state index in [0.717, 1.165) is 28.5 Å². The van der Waals surface area contributed by atoms with Gasteiger partial charge in [0, 0.05) is 47.0 Å². The van der Waals surface area contributed by atoms with Gasteiger partial charge in [-0.1, -0.05) is 24.3 Å². The first-order chi connectivity index (χ1) is 13.6. The summed E-state index contributed by atoms with van der Waals surface area (Å²) in [5, 5.41) is 1.19. The van der Waals surface area contributed by atoms with E-state index in [-0.39, 0.29) is 5.91 Å². The van der Waals surface area contributed by atoms with E-state index in [0.29, 0.717) is 30.9 Å². The van der Waals surface area contributed by atoms with E-state index in [1.165, 1.54) is 16.6 Å². The number of amides is 1. The largest absolute Gasteiger partial charge is 0.493 e. The highest BCUT2D eigenvalue weighted by Gasteiger charge is 2.24. The van der Waals surface area contributed by atoms with Gasteiger partial charge in [-0.15, -0.1) is 0 Å². The molecule has 28 heavy (non-hydrogen) atoms. The van der Waals surface area contributed by atoms with Crippen LogP contribution >= 0.6 is 15.9 Å². The summed E-state index contributed by atoms with van der Waals surface area (Å²) in [4.78, 5) is 18.4. The van der Waals surface area contributed by atoms with E-state index in [9.17, 15) is 4.79 Å². The molecule has 2 heterocycles. The molecule has 146 valence electrons. The van der Waals surface area contributed by atoms with Gasteiger partial charge < -0.3 is 19.4 Å². The van der Waals surface area contributed by atoms with Crippen molar-refractivity contribution in [3.05, 3.63) is 57.7 Å². The van der Waals surface area contributed by atoms with Gasteiger partial charge in [-0.05, 0) is 40.0 Å². The Morgan fingerprint density at radius 1 is 1.18 bits per heavy atom. The van der Waals surface area contributed by atoms with Crippen LogP contribution in [0, 0.1) is 0 Å². The molecule has 5 nitrogen and oxygen atoms in total. The second-order valence-corrected chi connectivity index (χ2v) is 7.82. The molecule has 0 aliphatic carbocycles. The molecule has 3 aromatic rings. The minimum Gasteiger partial charge on any atom is -0.493 e. The Hall–Kier alpha value is -2.47. The zero-order valence-corrected chi connectivity index (χ0v) is 17.6. The van der Waals surface area contributed by atoms with Gasteiger partial charge >= 0.3 is 0 Å². The molecule has 1 N–H and O–H groups in total. The molecule has 1 amide bonds. The van der Waals surface area contributed by atoms with Gasteiger partial charge in [0.15, 0.2) is 11.5 Å². The maximum Gasteiger partial charge on any atom is 0.223 e. The quantitative estimate of drug-likeness (QED) is 0.634. The fraction of sp³-hybridized carbons (Fsp3) is 0.318. The van der Waals surface area contributed by atoms with Crippen molar-refractivity contribution in [3.63, 3.8) is 0 Å². The number of methoxy groups -OCH3 is 2. The second-order valence-electron chi connectivity index (χ2n) is 6.96. The number of hydrogen-bond acceptors (Lipinski definition) is 3. The predicted molar refractivity (Wildman–Crippen MR) is 113 cm³/mol. The van der Waals surface area contributed by atoms with Gasteiger partial charge in [0.1, 0.15) is 0 Å². The smallest absolute Gasteiger partial charge is 0.223 e. The number of carbonyl (C=O) groups excluding carboxylic acids is 1.